The molecule has 2 fully saturated rings. The molecule has 1 aromatic carbocycles. The average molecular weight is 308 g/mol. The summed E-state index contributed by atoms with van der Waals surface area (Å²) in [5.74, 6) is -0.259. The molecule has 0 atom stereocenters. The molecule has 1 saturated heterocycles. The zero-order chi connectivity index (χ0) is 15.9. The number of methoxy groups -OCH3 is 1. The van der Waals surface area contributed by atoms with Gasteiger partial charge in [-0.05, 0) is 18.3 Å². The molecule has 0 bridgehead atoms. The molecule has 1 heterocycles. The fourth-order valence-electron chi connectivity index (χ4n) is 3.44. The van der Waals surface area contributed by atoms with E-state index in [4.69, 9.17) is 4.74 Å². The standard InChI is InChI=1S/C15H17FN2O4/c1-22-14-7-12(11(16)6-13(14)18(20)21)17-4-2-15(3-5-17)8-10(19)9-15/h6-7H,2-5,8-9H2,1H3. The number of carbonyl (C=O) groups excluding carboxylic acids is 1. The maximum atomic E-state index is 14.2. The van der Waals surface area contributed by atoms with Crippen LogP contribution < -0.4 is 9.64 Å². The number of benzene rings is 1. The van der Waals surface area contributed by atoms with E-state index in [1.165, 1.54) is 13.2 Å². The van der Waals surface area contributed by atoms with Gasteiger partial charge in [0.2, 0.25) is 0 Å². The summed E-state index contributed by atoms with van der Waals surface area (Å²) in [6.07, 6.45) is 2.95. The lowest BCUT2D eigenvalue weighted by Crippen LogP contribution is -2.47. The SMILES string of the molecule is COc1cc(N2CCC3(CC2)CC(=O)C3)c(F)cc1[N+](=O)[O-]. The van der Waals surface area contributed by atoms with Crippen LogP contribution in [0.1, 0.15) is 25.7 Å². The van der Waals surface area contributed by atoms with Gasteiger partial charge in [0.05, 0.1) is 23.8 Å². The third-order valence-corrected chi connectivity index (χ3v) is 4.75. The molecule has 0 N–H and O–H groups in total. The summed E-state index contributed by atoms with van der Waals surface area (Å²) in [5.41, 5.74) is 0.0549. The molecule has 0 radical (unpaired) electrons. The molecule has 0 unspecified atom stereocenters. The van der Waals surface area contributed by atoms with Crippen molar-refractivity contribution in [3.63, 3.8) is 0 Å². The summed E-state index contributed by atoms with van der Waals surface area (Å²) in [6.45, 7) is 1.29. The van der Waals surface area contributed by atoms with Gasteiger partial charge in [-0.3, -0.25) is 14.9 Å². The number of nitrogens with zero attached hydrogens (tertiary/aromatic N) is 2. The van der Waals surface area contributed by atoms with Gasteiger partial charge in [0.25, 0.3) is 0 Å². The second kappa shape index (κ2) is 5.23. The van der Waals surface area contributed by atoms with E-state index in [-0.39, 0.29) is 16.9 Å². The molecule has 1 aliphatic carbocycles. The van der Waals surface area contributed by atoms with Crippen molar-refractivity contribution < 1.29 is 18.8 Å². The molecular formula is C15H17FN2O4. The largest absolute Gasteiger partial charge is 0.490 e. The molecule has 0 amide bonds. The van der Waals surface area contributed by atoms with Crippen LogP contribution in [-0.2, 0) is 4.79 Å². The van der Waals surface area contributed by atoms with Crippen LogP contribution >= 0.6 is 0 Å². The predicted octanol–water partition coefficient (Wildman–Crippen LogP) is 2.69. The van der Waals surface area contributed by atoms with E-state index < -0.39 is 10.7 Å². The Morgan fingerprint density at radius 1 is 1.32 bits per heavy atom. The van der Waals surface area contributed by atoms with Crippen LogP contribution in [0.25, 0.3) is 0 Å². The number of nitro benzene ring substituents is 1. The minimum absolute atomic E-state index is 0.0560. The van der Waals surface area contributed by atoms with E-state index in [0.717, 1.165) is 18.9 Å². The molecular weight excluding hydrogens is 291 g/mol. The predicted molar refractivity (Wildman–Crippen MR) is 77.7 cm³/mol. The quantitative estimate of drug-likeness (QED) is 0.634. The van der Waals surface area contributed by atoms with Crippen molar-refractivity contribution in [3.8, 4) is 5.75 Å². The lowest BCUT2D eigenvalue weighted by molar-refractivity contribution is -0.385. The smallest absolute Gasteiger partial charge is 0.313 e. The van der Waals surface area contributed by atoms with E-state index in [1.54, 1.807) is 0 Å². The summed E-state index contributed by atoms with van der Waals surface area (Å²) in [7, 11) is 1.33. The van der Waals surface area contributed by atoms with Crippen LogP contribution in [0.5, 0.6) is 5.75 Å². The Kier molecular flexibility index (Phi) is 3.50. The van der Waals surface area contributed by atoms with E-state index in [2.05, 4.69) is 0 Å². The fourth-order valence-corrected chi connectivity index (χ4v) is 3.44. The zero-order valence-corrected chi connectivity index (χ0v) is 12.3. The Balaban J connectivity index is 1.81. The minimum Gasteiger partial charge on any atom is -0.490 e. The number of Topliss-reactive ketones (excluding diaryl/α,β-unsaturated/α-hetero) is 1. The van der Waals surface area contributed by atoms with Crippen molar-refractivity contribution in [1.29, 1.82) is 0 Å². The molecule has 1 spiro atoms. The summed E-state index contributed by atoms with van der Waals surface area (Å²) in [5, 5.41) is 10.9. The Morgan fingerprint density at radius 2 is 1.95 bits per heavy atom. The molecule has 1 aliphatic heterocycles. The van der Waals surface area contributed by atoms with Gasteiger partial charge in [0.15, 0.2) is 11.6 Å². The second-order valence-electron chi connectivity index (χ2n) is 6.11. The molecule has 118 valence electrons. The van der Waals surface area contributed by atoms with Crippen molar-refractivity contribution in [1.82, 2.24) is 0 Å². The molecule has 3 rings (SSSR count). The number of carbonyl (C=O) groups is 1. The number of nitro groups is 1. The highest BCUT2D eigenvalue weighted by Gasteiger charge is 2.45. The topological polar surface area (TPSA) is 72.7 Å². The first kappa shape index (κ1) is 14.7. The molecule has 22 heavy (non-hydrogen) atoms. The van der Waals surface area contributed by atoms with Gasteiger partial charge in [-0.15, -0.1) is 0 Å². The monoisotopic (exact) mass is 308 g/mol. The van der Waals surface area contributed by atoms with E-state index in [9.17, 15) is 19.3 Å². The highest BCUT2D eigenvalue weighted by molar-refractivity contribution is 5.86. The van der Waals surface area contributed by atoms with E-state index in [0.29, 0.717) is 37.4 Å². The first-order chi connectivity index (χ1) is 10.4. The van der Waals surface area contributed by atoms with Crippen LogP contribution in [-0.4, -0.2) is 30.9 Å². The van der Waals surface area contributed by atoms with Crippen molar-refractivity contribution in [2.45, 2.75) is 25.7 Å². The van der Waals surface area contributed by atoms with Crippen molar-refractivity contribution >= 4 is 17.2 Å². The number of ketones is 1. The number of hydrogen-bond donors (Lipinski definition) is 0. The maximum absolute atomic E-state index is 14.2. The molecule has 2 aliphatic rings. The third kappa shape index (κ3) is 2.40. The highest BCUT2D eigenvalue weighted by Crippen LogP contribution is 2.47. The number of anilines is 1. The highest BCUT2D eigenvalue weighted by atomic mass is 19.1. The number of rotatable bonds is 3. The van der Waals surface area contributed by atoms with Crippen molar-refractivity contribution in [2.24, 2.45) is 5.41 Å². The van der Waals surface area contributed by atoms with Gasteiger partial charge < -0.3 is 9.64 Å². The number of hydrogen-bond acceptors (Lipinski definition) is 5. The minimum atomic E-state index is -0.656. The van der Waals surface area contributed by atoms with Gasteiger partial charge in [0.1, 0.15) is 5.78 Å². The van der Waals surface area contributed by atoms with Crippen LogP contribution in [0.4, 0.5) is 15.8 Å². The zero-order valence-electron chi connectivity index (χ0n) is 12.3. The van der Waals surface area contributed by atoms with Gasteiger partial charge in [-0.2, -0.15) is 0 Å². The maximum Gasteiger partial charge on any atom is 0.313 e. The van der Waals surface area contributed by atoms with Gasteiger partial charge >= 0.3 is 5.69 Å². The second-order valence-corrected chi connectivity index (χ2v) is 6.11. The molecule has 6 nitrogen and oxygen atoms in total. The molecule has 7 heteroatoms. The fraction of sp³-hybridized carbons (Fsp3) is 0.533. The van der Waals surface area contributed by atoms with Crippen LogP contribution in [0, 0.1) is 21.3 Å². The lowest BCUT2D eigenvalue weighted by atomic mass is 9.62. The molecule has 1 aromatic rings. The van der Waals surface area contributed by atoms with Gasteiger partial charge in [0, 0.05) is 32.0 Å². The first-order valence-electron chi connectivity index (χ1n) is 7.23. The summed E-state index contributed by atoms with van der Waals surface area (Å²) in [6, 6.07) is 2.29. The Hall–Kier alpha value is -2.18. The Labute approximate surface area is 127 Å². The van der Waals surface area contributed by atoms with E-state index >= 15 is 0 Å². The van der Waals surface area contributed by atoms with Gasteiger partial charge in [-0.25, -0.2) is 4.39 Å². The molecule has 0 aromatic heterocycles. The first-order valence-corrected chi connectivity index (χ1v) is 7.23. The normalized spacial score (nSPS) is 19.9. The number of halogens is 1. The third-order valence-electron chi connectivity index (χ3n) is 4.75. The lowest BCUT2D eigenvalue weighted by Gasteiger charge is -2.47. The van der Waals surface area contributed by atoms with Gasteiger partial charge in [-0.1, -0.05) is 0 Å². The van der Waals surface area contributed by atoms with Crippen LogP contribution in [0.15, 0.2) is 12.1 Å². The Morgan fingerprint density at radius 3 is 2.45 bits per heavy atom. The van der Waals surface area contributed by atoms with E-state index in [1.807, 2.05) is 4.90 Å². The average Bonchev–Trinajstić information content (AvgIpc) is 2.46. The summed E-state index contributed by atoms with van der Waals surface area (Å²) >= 11 is 0. The Bertz CT molecular complexity index is 629. The molecule has 1 saturated carbocycles. The van der Waals surface area contributed by atoms with Crippen molar-refractivity contribution in [3.05, 3.63) is 28.1 Å². The number of ether oxygens (including phenoxy) is 1. The number of piperidine rings is 1. The van der Waals surface area contributed by atoms with Crippen LogP contribution in [0.3, 0.4) is 0 Å². The van der Waals surface area contributed by atoms with Crippen LogP contribution in [0.2, 0.25) is 0 Å². The summed E-state index contributed by atoms with van der Waals surface area (Å²) < 4.78 is 19.2. The summed E-state index contributed by atoms with van der Waals surface area (Å²) in [4.78, 5) is 23.3. The van der Waals surface area contributed by atoms with Crippen molar-refractivity contribution in [2.75, 3.05) is 25.1 Å².